The van der Waals surface area contributed by atoms with Crippen molar-refractivity contribution >= 4 is 52.6 Å². The van der Waals surface area contributed by atoms with Crippen molar-refractivity contribution in [3.8, 4) is 0 Å². The molecule has 2 amide bonds. The van der Waals surface area contributed by atoms with Crippen LogP contribution in [0.25, 0.3) is 0 Å². The maximum Gasteiger partial charge on any atom is 0.328 e. The van der Waals surface area contributed by atoms with Crippen LogP contribution in [0.2, 0.25) is 10.0 Å². The highest BCUT2D eigenvalue weighted by atomic mass is 35.5. The topological polar surface area (TPSA) is 122 Å². The third kappa shape index (κ3) is 5.75. The van der Waals surface area contributed by atoms with Gasteiger partial charge in [0, 0.05) is 18.0 Å². The Morgan fingerprint density at radius 1 is 1.05 bits per heavy atom. The van der Waals surface area contributed by atoms with Crippen molar-refractivity contribution < 1.29 is 29.0 Å². The summed E-state index contributed by atoms with van der Waals surface area (Å²) < 4.78 is 4.90. The first-order valence-electron chi connectivity index (χ1n) is 11.8. The van der Waals surface area contributed by atoms with Crippen LogP contribution in [0.15, 0.2) is 42.5 Å². The molecule has 3 N–H and O–H groups in total. The van der Waals surface area contributed by atoms with Crippen LogP contribution in [-0.4, -0.2) is 42.0 Å². The molecule has 37 heavy (non-hydrogen) atoms. The third-order valence-electron chi connectivity index (χ3n) is 7.66. The molecule has 2 aromatic carbocycles. The third-order valence-corrected chi connectivity index (χ3v) is 8.29. The van der Waals surface area contributed by atoms with Gasteiger partial charge in [0.1, 0.15) is 6.04 Å². The first-order valence-corrected chi connectivity index (χ1v) is 12.5. The molecule has 1 aliphatic rings. The van der Waals surface area contributed by atoms with E-state index in [9.17, 15) is 24.3 Å². The van der Waals surface area contributed by atoms with Crippen LogP contribution < -0.4 is 10.6 Å². The Morgan fingerprint density at radius 3 is 2.16 bits per heavy atom. The van der Waals surface area contributed by atoms with Gasteiger partial charge in [-0.3, -0.25) is 14.4 Å². The van der Waals surface area contributed by atoms with E-state index in [1.54, 1.807) is 63.2 Å². The number of carbonyl (C=O) groups excluding carboxylic acids is 3. The number of carboxylic acids is 1. The fourth-order valence-electron chi connectivity index (χ4n) is 4.82. The Morgan fingerprint density at radius 2 is 1.65 bits per heavy atom. The van der Waals surface area contributed by atoms with Gasteiger partial charge in [-0.15, -0.1) is 0 Å². The number of carboxylic acid groups (broad SMARTS) is 1. The number of esters is 1. The number of halogens is 2. The molecular formula is C27H30Cl2N2O6. The largest absolute Gasteiger partial charge is 0.481 e. The molecule has 0 spiro atoms. The van der Waals surface area contributed by atoms with Crippen LogP contribution in [0.1, 0.15) is 49.5 Å². The number of rotatable bonds is 8. The molecule has 3 atom stereocenters. The van der Waals surface area contributed by atoms with Crippen molar-refractivity contribution in [2.24, 2.45) is 16.7 Å². The van der Waals surface area contributed by atoms with E-state index >= 15 is 0 Å². The van der Waals surface area contributed by atoms with E-state index in [1.807, 2.05) is 0 Å². The number of benzene rings is 2. The Balaban J connectivity index is 1.71. The number of nitrogens with one attached hydrogen (secondary N) is 2. The summed E-state index contributed by atoms with van der Waals surface area (Å²) in [6.07, 6.45) is 0.911. The van der Waals surface area contributed by atoms with Crippen LogP contribution in [0.5, 0.6) is 0 Å². The van der Waals surface area contributed by atoms with E-state index in [0.29, 0.717) is 24.1 Å². The summed E-state index contributed by atoms with van der Waals surface area (Å²) in [4.78, 5) is 50.2. The Kier molecular flexibility index (Phi) is 8.55. The van der Waals surface area contributed by atoms with E-state index in [0.717, 1.165) is 0 Å². The van der Waals surface area contributed by atoms with Gasteiger partial charge in [0.15, 0.2) is 0 Å². The van der Waals surface area contributed by atoms with Crippen molar-refractivity contribution in [2.75, 3.05) is 12.4 Å². The molecule has 0 radical (unpaired) electrons. The zero-order chi connectivity index (χ0) is 27.5. The molecule has 3 rings (SSSR count). The van der Waals surface area contributed by atoms with E-state index in [2.05, 4.69) is 10.6 Å². The van der Waals surface area contributed by atoms with Crippen LogP contribution >= 0.6 is 23.2 Å². The molecule has 8 nitrogen and oxygen atoms in total. The summed E-state index contributed by atoms with van der Waals surface area (Å²) in [5.41, 5.74) is -0.495. The lowest BCUT2D eigenvalue weighted by molar-refractivity contribution is -0.156. The molecule has 0 aromatic heterocycles. The van der Waals surface area contributed by atoms with Crippen LogP contribution in [-0.2, 0) is 25.5 Å². The van der Waals surface area contributed by atoms with Crippen molar-refractivity contribution in [3.63, 3.8) is 0 Å². The average molecular weight is 549 g/mol. The number of amides is 2. The number of anilines is 1. The zero-order valence-corrected chi connectivity index (χ0v) is 22.6. The zero-order valence-electron chi connectivity index (χ0n) is 21.1. The standard InChI is InChI=1S/C27H30Cl2N2O6/c1-26(2)17(12-13-27(26,3)25(35)36)22(32)31-20(24(34)37-4)14-15-8-10-16(11-9-15)30-23(33)21-18(28)6-5-7-19(21)29/h5-11,17,20H,12-14H2,1-4H3,(H,30,33)(H,31,32)(H,35,36). The van der Waals surface area contributed by atoms with Gasteiger partial charge < -0.3 is 20.5 Å². The van der Waals surface area contributed by atoms with Gasteiger partial charge in [-0.05, 0) is 55.0 Å². The number of hydrogen-bond donors (Lipinski definition) is 3. The highest BCUT2D eigenvalue weighted by Gasteiger charge is 2.58. The number of ether oxygens (including phenoxy) is 1. The summed E-state index contributed by atoms with van der Waals surface area (Å²) in [5.74, 6) is -2.98. The van der Waals surface area contributed by atoms with Crippen molar-refractivity contribution in [1.29, 1.82) is 0 Å². The summed E-state index contributed by atoms with van der Waals surface area (Å²) >= 11 is 12.2. The van der Waals surface area contributed by atoms with Gasteiger partial charge in [-0.25, -0.2) is 4.79 Å². The molecule has 10 heteroatoms. The van der Waals surface area contributed by atoms with Crippen molar-refractivity contribution in [3.05, 3.63) is 63.6 Å². The monoisotopic (exact) mass is 548 g/mol. The molecule has 0 saturated heterocycles. The number of methoxy groups -OCH3 is 1. The maximum absolute atomic E-state index is 13.2. The smallest absolute Gasteiger partial charge is 0.328 e. The summed E-state index contributed by atoms with van der Waals surface area (Å²) in [7, 11) is 1.24. The lowest BCUT2D eigenvalue weighted by Crippen LogP contribution is -2.50. The van der Waals surface area contributed by atoms with Crippen LogP contribution in [0, 0.1) is 16.7 Å². The predicted octanol–water partition coefficient (Wildman–Crippen LogP) is 4.97. The fourth-order valence-corrected chi connectivity index (χ4v) is 5.39. The van der Waals surface area contributed by atoms with Crippen LogP contribution in [0.4, 0.5) is 5.69 Å². The molecular weight excluding hydrogens is 519 g/mol. The first kappa shape index (κ1) is 28.5. The second-order valence-corrected chi connectivity index (χ2v) is 10.8. The highest BCUT2D eigenvalue weighted by molar-refractivity contribution is 6.40. The Bertz CT molecular complexity index is 1190. The lowest BCUT2D eigenvalue weighted by atomic mass is 9.65. The SMILES string of the molecule is COC(=O)C(Cc1ccc(NC(=O)c2c(Cl)cccc2Cl)cc1)NC(=O)C1CCC(C)(C(=O)O)C1(C)C. The molecule has 1 aliphatic carbocycles. The minimum absolute atomic E-state index is 0.145. The minimum Gasteiger partial charge on any atom is -0.481 e. The summed E-state index contributed by atoms with van der Waals surface area (Å²) in [5, 5.41) is 15.7. The van der Waals surface area contributed by atoms with Gasteiger partial charge in [0.2, 0.25) is 5.91 Å². The van der Waals surface area contributed by atoms with Crippen molar-refractivity contribution in [2.45, 2.75) is 46.1 Å². The Hall–Kier alpha value is -3.10. The molecule has 1 fully saturated rings. The normalized spacial score (nSPS) is 21.1. The fraction of sp³-hybridized carbons (Fsp3) is 0.407. The molecule has 2 aromatic rings. The quantitative estimate of drug-likeness (QED) is 0.400. The summed E-state index contributed by atoms with van der Waals surface area (Å²) in [6.45, 7) is 5.20. The van der Waals surface area contributed by atoms with Gasteiger partial charge >= 0.3 is 11.9 Å². The predicted molar refractivity (Wildman–Crippen MR) is 141 cm³/mol. The molecule has 0 heterocycles. The van der Waals surface area contributed by atoms with Gasteiger partial charge in [-0.1, -0.05) is 55.2 Å². The van der Waals surface area contributed by atoms with E-state index in [4.69, 9.17) is 27.9 Å². The lowest BCUT2D eigenvalue weighted by Gasteiger charge is -2.38. The number of aliphatic carboxylic acids is 1. The van der Waals surface area contributed by atoms with Gasteiger partial charge in [0.25, 0.3) is 5.91 Å². The number of hydrogen-bond acceptors (Lipinski definition) is 5. The van der Waals surface area contributed by atoms with Gasteiger partial charge in [-0.2, -0.15) is 0 Å². The highest BCUT2D eigenvalue weighted by Crippen LogP contribution is 2.56. The van der Waals surface area contributed by atoms with Crippen molar-refractivity contribution in [1.82, 2.24) is 5.32 Å². The summed E-state index contributed by atoms with van der Waals surface area (Å²) in [6, 6.07) is 10.6. The molecule has 0 aliphatic heterocycles. The minimum atomic E-state index is -1.05. The molecule has 3 unspecified atom stereocenters. The molecule has 198 valence electrons. The van der Waals surface area contributed by atoms with E-state index in [1.165, 1.54) is 7.11 Å². The second kappa shape index (κ2) is 11.1. The molecule has 0 bridgehead atoms. The average Bonchev–Trinajstić information content (AvgIpc) is 3.08. The first-order chi connectivity index (χ1) is 17.3. The van der Waals surface area contributed by atoms with E-state index in [-0.39, 0.29) is 27.9 Å². The number of carbonyl (C=O) groups is 4. The second-order valence-electron chi connectivity index (χ2n) is 9.99. The molecule has 1 saturated carbocycles. The van der Waals surface area contributed by atoms with Crippen LogP contribution in [0.3, 0.4) is 0 Å². The Labute approximate surface area is 225 Å². The van der Waals surface area contributed by atoms with E-state index < -0.39 is 40.6 Å². The van der Waals surface area contributed by atoms with Gasteiger partial charge in [0.05, 0.1) is 28.1 Å². The maximum atomic E-state index is 13.2.